The predicted octanol–water partition coefficient (Wildman–Crippen LogP) is 2.48. The van der Waals surface area contributed by atoms with Crippen molar-refractivity contribution in [1.82, 2.24) is 10.3 Å². The van der Waals surface area contributed by atoms with Crippen LogP contribution in [0.1, 0.15) is 26.2 Å². The van der Waals surface area contributed by atoms with Crippen molar-refractivity contribution >= 4 is 11.9 Å². The van der Waals surface area contributed by atoms with E-state index in [4.69, 9.17) is 4.42 Å². The van der Waals surface area contributed by atoms with E-state index in [0.717, 1.165) is 0 Å². The van der Waals surface area contributed by atoms with Crippen molar-refractivity contribution in [1.29, 1.82) is 0 Å². The minimum absolute atomic E-state index is 0.0810. The summed E-state index contributed by atoms with van der Waals surface area (Å²) in [5, 5.41) is 2.58. The quantitative estimate of drug-likeness (QED) is 0.821. The summed E-state index contributed by atoms with van der Waals surface area (Å²) in [6, 6.07) is 6.21. The van der Waals surface area contributed by atoms with Gasteiger partial charge >= 0.3 is 5.97 Å². The van der Waals surface area contributed by atoms with Crippen molar-refractivity contribution in [3.63, 3.8) is 0 Å². The first-order valence-electron chi connectivity index (χ1n) is 7.42. The molecular formula is C17H19FN2O4. The Morgan fingerprint density at radius 2 is 2.04 bits per heavy atom. The third kappa shape index (κ3) is 4.18. The molecule has 2 rings (SSSR count). The summed E-state index contributed by atoms with van der Waals surface area (Å²) in [6.07, 6.45) is 1.74. The molecule has 0 fully saturated rings. The lowest BCUT2D eigenvalue weighted by Crippen LogP contribution is -2.50. The van der Waals surface area contributed by atoms with E-state index < -0.39 is 17.3 Å². The van der Waals surface area contributed by atoms with Gasteiger partial charge in [-0.3, -0.25) is 4.79 Å². The Labute approximate surface area is 139 Å². The molecule has 24 heavy (non-hydrogen) atoms. The van der Waals surface area contributed by atoms with Crippen molar-refractivity contribution < 1.29 is 23.1 Å². The SMILES string of the molecule is COC(=O)C(C)(C)NC(=O)CCc1ncc(-c2ccccc2F)o1. The summed E-state index contributed by atoms with van der Waals surface area (Å²) in [6.45, 7) is 3.11. The smallest absolute Gasteiger partial charge is 0.330 e. The highest BCUT2D eigenvalue weighted by atomic mass is 19.1. The van der Waals surface area contributed by atoms with Gasteiger partial charge in [-0.1, -0.05) is 12.1 Å². The van der Waals surface area contributed by atoms with E-state index in [9.17, 15) is 14.0 Å². The van der Waals surface area contributed by atoms with Gasteiger partial charge in [-0.2, -0.15) is 0 Å². The molecule has 6 nitrogen and oxygen atoms in total. The van der Waals surface area contributed by atoms with Crippen LogP contribution in [0.5, 0.6) is 0 Å². The number of amides is 1. The van der Waals surface area contributed by atoms with Gasteiger partial charge < -0.3 is 14.5 Å². The average Bonchev–Trinajstić information content (AvgIpc) is 3.01. The number of rotatable bonds is 6. The highest BCUT2D eigenvalue weighted by molar-refractivity contribution is 5.87. The van der Waals surface area contributed by atoms with Crippen LogP contribution in [0, 0.1) is 5.82 Å². The Morgan fingerprint density at radius 1 is 1.33 bits per heavy atom. The van der Waals surface area contributed by atoms with E-state index in [0.29, 0.717) is 17.2 Å². The second-order valence-corrected chi connectivity index (χ2v) is 5.76. The van der Waals surface area contributed by atoms with Gasteiger partial charge in [-0.15, -0.1) is 0 Å². The molecule has 7 heteroatoms. The number of hydrogen-bond donors (Lipinski definition) is 1. The minimum Gasteiger partial charge on any atom is -0.467 e. The van der Waals surface area contributed by atoms with Gasteiger partial charge in [0, 0.05) is 12.8 Å². The van der Waals surface area contributed by atoms with E-state index in [2.05, 4.69) is 15.0 Å². The molecule has 1 N–H and O–H groups in total. The molecule has 128 valence electrons. The first-order chi connectivity index (χ1) is 11.3. The van der Waals surface area contributed by atoms with Crippen LogP contribution in [0.25, 0.3) is 11.3 Å². The Kier molecular flexibility index (Phi) is 5.33. The summed E-state index contributed by atoms with van der Waals surface area (Å²) in [5.74, 6) is -0.652. The fraction of sp³-hybridized carbons (Fsp3) is 0.353. The van der Waals surface area contributed by atoms with E-state index in [1.165, 1.54) is 19.4 Å². The lowest BCUT2D eigenvalue weighted by Gasteiger charge is -2.22. The molecule has 0 aliphatic rings. The third-order valence-corrected chi connectivity index (χ3v) is 3.41. The van der Waals surface area contributed by atoms with Crippen molar-refractivity contribution in [2.24, 2.45) is 0 Å². The van der Waals surface area contributed by atoms with Crippen LogP contribution in [0.4, 0.5) is 4.39 Å². The normalized spacial score (nSPS) is 11.2. The Bertz CT molecular complexity index is 740. The van der Waals surface area contributed by atoms with Crippen LogP contribution < -0.4 is 5.32 Å². The second-order valence-electron chi connectivity index (χ2n) is 5.76. The number of esters is 1. The Morgan fingerprint density at radius 3 is 2.71 bits per heavy atom. The van der Waals surface area contributed by atoms with Crippen LogP contribution in [0.2, 0.25) is 0 Å². The Balaban J connectivity index is 1.95. The van der Waals surface area contributed by atoms with Crippen LogP contribution in [-0.4, -0.2) is 29.5 Å². The zero-order valence-corrected chi connectivity index (χ0v) is 13.8. The summed E-state index contributed by atoms with van der Waals surface area (Å²) in [5.41, 5.74) is -0.798. The van der Waals surface area contributed by atoms with E-state index in [-0.39, 0.29) is 18.7 Å². The number of carbonyl (C=O) groups is 2. The van der Waals surface area contributed by atoms with Gasteiger partial charge in [0.05, 0.1) is 18.9 Å². The number of nitrogens with zero attached hydrogens (tertiary/aromatic N) is 1. The molecule has 0 radical (unpaired) electrons. The number of nitrogens with one attached hydrogen (secondary N) is 1. The third-order valence-electron chi connectivity index (χ3n) is 3.41. The molecule has 0 bridgehead atoms. The second kappa shape index (κ2) is 7.25. The number of hydrogen-bond acceptors (Lipinski definition) is 5. The van der Waals surface area contributed by atoms with Crippen LogP contribution in [0.3, 0.4) is 0 Å². The van der Waals surface area contributed by atoms with Crippen LogP contribution >= 0.6 is 0 Å². The van der Waals surface area contributed by atoms with Gasteiger partial charge in [0.25, 0.3) is 0 Å². The van der Waals surface area contributed by atoms with Gasteiger partial charge in [-0.25, -0.2) is 14.2 Å². The van der Waals surface area contributed by atoms with E-state index >= 15 is 0 Å². The molecule has 0 unspecified atom stereocenters. The van der Waals surface area contributed by atoms with Crippen molar-refractivity contribution in [3.8, 4) is 11.3 Å². The van der Waals surface area contributed by atoms with Crippen LogP contribution in [-0.2, 0) is 20.7 Å². The molecule has 0 saturated heterocycles. The molecule has 1 aromatic heterocycles. The minimum atomic E-state index is -1.11. The number of carbonyl (C=O) groups excluding carboxylic acids is 2. The van der Waals surface area contributed by atoms with Crippen LogP contribution in [0.15, 0.2) is 34.9 Å². The number of aromatic nitrogens is 1. The molecule has 0 saturated carbocycles. The molecule has 1 amide bonds. The van der Waals surface area contributed by atoms with Crippen molar-refractivity contribution in [3.05, 3.63) is 42.2 Å². The molecule has 0 aliphatic heterocycles. The molecule has 0 aliphatic carbocycles. The van der Waals surface area contributed by atoms with E-state index in [1.54, 1.807) is 32.0 Å². The standard InChI is InChI=1S/C17H19FN2O4/c1-17(2,16(22)23-3)20-14(21)8-9-15-19-10-13(24-15)11-6-4-5-7-12(11)18/h4-7,10H,8-9H2,1-3H3,(H,20,21). The molecule has 1 aromatic carbocycles. The average molecular weight is 334 g/mol. The van der Waals surface area contributed by atoms with Gasteiger partial charge in [0.1, 0.15) is 11.4 Å². The predicted molar refractivity (Wildman–Crippen MR) is 84.5 cm³/mol. The van der Waals surface area contributed by atoms with Gasteiger partial charge in [0.15, 0.2) is 11.7 Å². The molecule has 1 heterocycles. The maximum absolute atomic E-state index is 13.7. The number of halogens is 1. The summed E-state index contributed by atoms with van der Waals surface area (Å²) >= 11 is 0. The maximum atomic E-state index is 13.7. The lowest BCUT2D eigenvalue weighted by molar-refractivity contribution is -0.149. The first kappa shape index (κ1) is 17.7. The van der Waals surface area contributed by atoms with Gasteiger partial charge in [0.2, 0.25) is 5.91 Å². The summed E-state index contributed by atoms with van der Waals surface area (Å²) in [4.78, 5) is 27.5. The number of benzene rings is 1. The molecular weight excluding hydrogens is 315 g/mol. The van der Waals surface area contributed by atoms with Crippen molar-refractivity contribution in [2.45, 2.75) is 32.2 Å². The Hall–Kier alpha value is -2.70. The highest BCUT2D eigenvalue weighted by Crippen LogP contribution is 2.23. The van der Waals surface area contributed by atoms with Gasteiger partial charge in [-0.05, 0) is 26.0 Å². The summed E-state index contributed by atoms with van der Waals surface area (Å²) in [7, 11) is 1.26. The molecule has 0 spiro atoms. The largest absolute Gasteiger partial charge is 0.467 e. The number of oxazole rings is 1. The highest BCUT2D eigenvalue weighted by Gasteiger charge is 2.30. The summed E-state index contributed by atoms with van der Waals surface area (Å²) < 4.78 is 23.8. The zero-order valence-electron chi connectivity index (χ0n) is 13.8. The number of ether oxygens (including phenoxy) is 1. The topological polar surface area (TPSA) is 81.4 Å². The van der Waals surface area contributed by atoms with E-state index in [1.807, 2.05) is 0 Å². The maximum Gasteiger partial charge on any atom is 0.330 e. The van der Waals surface area contributed by atoms with Crippen molar-refractivity contribution in [2.75, 3.05) is 7.11 Å². The zero-order chi connectivity index (χ0) is 17.7. The number of aryl methyl sites for hydroxylation is 1. The monoisotopic (exact) mass is 334 g/mol. The first-order valence-corrected chi connectivity index (χ1v) is 7.42. The molecule has 0 atom stereocenters. The fourth-order valence-electron chi connectivity index (χ4n) is 2.15. The number of methoxy groups -OCH3 is 1. The molecule has 2 aromatic rings. The lowest BCUT2D eigenvalue weighted by atomic mass is 10.1. The fourth-order valence-corrected chi connectivity index (χ4v) is 2.15.